The van der Waals surface area contributed by atoms with Gasteiger partial charge < -0.3 is 5.11 Å². The molecule has 0 bridgehead atoms. The van der Waals surface area contributed by atoms with Gasteiger partial charge in [0.05, 0.1) is 11.3 Å². The zero-order valence-electron chi connectivity index (χ0n) is 12.0. The Morgan fingerprint density at radius 3 is 2.95 bits per heavy atom. The fourth-order valence-electron chi connectivity index (χ4n) is 2.78. The van der Waals surface area contributed by atoms with Crippen LogP contribution in [0.2, 0.25) is 0 Å². The van der Waals surface area contributed by atoms with E-state index in [1.807, 2.05) is 18.3 Å². The first kappa shape index (κ1) is 13.8. The average molecular weight is 282 g/mol. The number of fused-ring (bicyclic) bond motifs is 1. The molecule has 0 saturated heterocycles. The Hall–Kier alpha value is -2.20. The zero-order valence-corrected chi connectivity index (χ0v) is 12.0. The quantitative estimate of drug-likeness (QED) is 0.940. The fourth-order valence-corrected chi connectivity index (χ4v) is 2.78. The van der Waals surface area contributed by atoms with Crippen molar-refractivity contribution in [2.24, 2.45) is 0 Å². The highest BCUT2D eigenvalue weighted by atomic mass is 16.4. The molecule has 1 aliphatic heterocycles. The molecule has 1 aromatic carbocycles. The summed E-state index contributed by atoms with van der Waals surface area (Å²) in [7, 11) is 0. The van der Waals surface area contributed by atoms with E-state index in [9.17, 15) is 4.79 Å². The van der Waals surface area contributed by atoms with Crippen LogP contribution in [0.1, 0.15) is 32.7 Å². The van der Waals surface area contributed by atoms with Crippen LogP contribution in [0.3, 0.4) is 0 Å². The normalized spacial score (nSPS) is 14.7. The molecule has 0 atom stereocenters. The second kappa shape index (κ2) is 5.66. The molecule has 2 aromatic rings. The van der Waals surface area contributed by atoms with Gasteiger partial charge >= 0.3 is 5.97 Å². The molecule has 0 fully saturated rings. The van der Waals surface area contributed by atoms with Gasteiger partial charge in [0, 0.05) is 25.8 Å². The van der Waals surface area contributed by atoms with E-state index in [4.69, 9.17) is 5.11 Å². The molecule has 1 aromatic heterocycles. The van der Waals surface area contributed by atoms with E-state index in [0.29, 0.717) is 5.56 Å². The second-order valence-electron chi connectivity index (χ2n) is 5.52. The van der Waals surface area contributed by atoms with Crippen molar-refractivity contribution in [2.75, 3.05) is 6.54 Å². The Morgan fingerprint density at radius 1 is 1.33 bits per heavy atom. The summed E-state index contributed by atoms with van der Waals surface area (Å²) >= 11 is 0. The van der Waals surface area contributed by atoms with Gasteiger partial charge in [-0.1, -0.05) is 12.1 Å². The third kappa shape index (κ3) is 2.95. The summed E-state index contributed by atoms with van der Waals surface area (Å²) in [6.45, 7) is 4.65. The monoisotopic (exact) mass is 282 g/mol. The van der Waals surface area contributed by atoms with Crippen molar-refractivity contribution in [3.05, 3.63) is 64.5 Å². The number of aromatic nitrogens is 1. The van der Waals surface area contributed by atoms with Gasteiger partial charge in [-0.25, -0.2) is 4.79 Å². The van der Waals surface area contributed by atoms with Gasteiger partial charge in [-0.3, -0.25) is 9.88 Å². The molecule has 2 heterocycles. The minimum Gasteiger partial charge on any atom is -0.478 e. The topological polar surface area (TPSA) is 53.4 Å². The minimum absolute atomic E-state index is 0.365. The molecular formula is C17H18N2O2. The first-order chi connectivity index (χ1) is 10.1. The van der Waals surface area contributed by atoms with Crippen molar-refractivity contribution in [3.8, 4) is 0 Å². The zero-order chi connectivity index (χ0) is 14.8. The molecule has 0 amide bonds. The molecule has 1 N–H and O–H groups in total. The number of hydrogen-bond acceptors (Lipinski definition) is 3. The number of nitrogens with zero attached hydrogens (tertiary/aromatic N) is 2. The Kier molecular flexibility index (Phi) is 3.71. The van der Waals surface area contributed by atoms with Crippen LogP contribution in [-0.4, -0.2) is 27.5 Å². The molecule has 21 heavy (non-hydrogen) atoms. The van der Waals surface area contributed by atoms with Crippen molar-refractivity contribution in [1.82, 2.24) is 9.88 Å². The van der Waals surface area contributed by atoms with Crippen LogP contribution in [0.25, 0.3) is 0 Å². The van der Waals surface area contributed by atoms with Crippen LogP contribution >= 0.6 is 0 Å². The van der Waals surface area contributed by atoms with E-state index in [0.717, 1.165) is 37.3 Å². The van der Waals surface area contributed by atoms with Crippen molar-refractivity contribution in [3.63, 3.8) is 0 Å². The smallest absolute Gasteiger partial charge is 0.335 e. The molecule has 0 unspecified atom stereocenters. The predicted octanol–water partition coefficient (Wildman–Crippen LogP) is 2.65. The first-order valence-electron chi connectivity index (χ1n) is 7.11. The first-order valence-corrected chi connectivity index (χ1v) is 7.11. The molecule has 108 valence electrons. The lowest BCUT2D eigenvalue weighted by atomic mass is 9.97. The Bertz CT molecular complexity index is 682. The van der Waals surface area contributed by atoms with E-state index in [1.54, 1.807) is 12.1 Å². The maximum absolute atomic E-state index is 11.1. The highest BCUT2D eigenvalue weighted by Crippen LogP contribution is 2.22. The summed E-state index contributed by atoms with van der Waals surface area (Å²) in [6.07, 6.45) is 2.78. The van der Waals surface area contributed by atoms with Gasteiger partial charge in [-0.2, -0.15) is 0 Å². The van der Waals surface area contributed by atoms with E-state index in [-0.39, 0.29) is 0 Å². The van der Waals surface area contributed by atoms with Crippen LogP contribution in [0.4, 0.5) is 0 Å². The van der Waals surface area contributed by atoms with Crippen LogP contribution in [-0.2, 0) is 19.5 Å². The molecule has 0 aliphatic carbocycles. The number of pyridine rings is 1. The number of carbonyl (C=O) groups is 1. The summed E-state index contributed by atoms with van der Waals surface area (Å²) in [6, 6.07) is 9.46. The molecule has 4 heteroatoms. The third-order valence-electron chi connectivity index (χ3n) is 4.04. The van der Waals surface area contributed by atoms with E-state index < -0.39 is 5.97 Å². The van der Waals surface area contributed by atoms with Crippen molar-refractivity contribution < 1.29 is 9.90 Å². The number of rotatable bonds is 3. The van der Waals surface area contributed by atoms with E-state index >= 15 is 0 Å². The summed E-state index contributed by atoms with van der Waals surface area (Å²) < 4.78 is 0. The third-order valence-corrected chi connectivity index (χ3v) is 4.04. The molecule has 0 saturated carbocycles. The molecule has 1 aliphatic rings. The number of carboxylic acids is 1. The maximum atomic E-state index is 11.1. The Balaban J connectivity index is 1.79. The lowest BCUT2D eigenvalue weighted by Crippen LogP contribution is -2.30. The molecule has 4 nitrogen and oxygen atoms in total. The predicted molar refractivity (Wildman–Crippen MR) is 80.2 cm³/mol. The SMILES string of the molecule is Cc1cccnc1CN1CCc2ccc(C(=O)O)cc2C1. The van der Waals surface area contributed by atoms with E-state index in [2.05, 4.69) is 22.9 Å². The summed E-state index contributed by atoms with van der Waals surface area (Å²) in [5, 5.41) is 9.10. The lowest BCUT2D eigenvalue weighted by Gasteiger charge is -2.29. The van der Waals surface area contributed by atoms with Crippen LogP contribution in [0.15, 0.2) is 36.5 Å². The Morgan fingerprint density at radius 2 is 2.19 bits per heavy atom. The van der Waals surface area contributed by atoms with Gasteiger partial charge in [0.2, 0.25) is 0 Å². The van der Waals surface area contributed by atoms with Gasteiger partial charge in [-0.15, -0.1) is 0 Å². The van der Waals surface area contributed by atoms with Crippen LogP contribution in [0, 0.1) is 6.92 Å². The number of aromatic carboxylic acids is 1. The number of aryl methyl sites for hydroxylation is 1. The standard InChI is InChI=1S/C17H18N2O2/c1-12-3-2-7-18-16(12)11-19-8-6-13-4-5-14(17(20)21)9-15(13)10-19/h2-5,7,9H,6,8,10-11H2,1H3,(H,20,21). The minimum atomic E-state index is -0.865. The summed E-state index contributed by atoms with van der Waals surface area (Å²) in [4.78, 5) is 17.8. The van der Waals surface area contributed by atoms with Crippen LogP contribution < -0.4 is 0 Å². The fraction of sp³-hybridized carbons (Fsp3) is 0.294. The van der Waals surface area contributed by atoms with E-state index in [1.165, 1.54) is 11.1 Å². The number of hydrogen-bond donors (Lipinski definition) is 1. The molecule has 0 radical (unpaired) electrons. The summed E-state index contributed by atoms with van der Waals surface area (Å²) in [5.74, 6) is -0.865. The maximum Gasteiger partial charge on any atom is 0.335 e. The highest BCUT2D eigenvalue weighted by molar-refractivity contribution is 5.87. The molecule has 3 rings (SSSR count). The largest absolute Gasteiger partial charge is 0.478 e. The second-order valence-corrected chi connectivity index (χ2v) is 5.52. The Labute approximate surface area is 124 Å². The molecular weight excluding hydrogens is 264 g/mol. The van der Waals surface area contributed by atoms with Crippen molar-refractivity contribution in [2.45, 2.75) is 26.4 Å². The van der Waals surface area contributed by atoms with Crippen LogP contribution in [0.5, 0.6) is 0 Å². The summed E-state index contributed by atoms with van der Waals surface area (Å²) in [5.41, 5.74) is 5.03. The van der Waals surface area contributed by atoms with Gasteiger partial charge in [0.1, 0.15) is 0 Å². The highest BCUT2D eigenvalue weighted by Gasteiger charge is 2.18. The number of carboxylic acid groups (broad SMARTS) is 1. The van der Waals surface area contributed by atoms with Crippen molar-refractivity contribution >= 4 is 5.97 Å². The average Bonchev–Trinajstić information content (AvgIpc) is 2.49. The lowest BCUT2D eigenvalue weighted by molar-refractivity contribution is 0.0696. The van der Waals surface area contributed by atoms with Gasteiger partial charge in [-0.05, 0) is 48.2 Å². The number of benzene rings is 1. The van der Waals surface area contributed by atoms with Gasteiger partial charge in [0.15, 0.2) is 0 Å². The van der Waals surface area contributed by atoms with Crippen molar-refractivity contribution in [1.29, 1.82) is 0 Å². The van der Waals surface area contributed by atoms with Gasteiger partial charge in [0.25, 0.3) is 0 Å². The molecule has 0 spiro atoms.